The molecule has 0 aliphatic carbocycles. The molecule has 0 aliphatic rings. The summed E-state index contributed by atoms with van der Waals surface area (Å²) in [5.74, 6) is 0.251. The van der Waals surface area contributed by atoms with E-state index in [0.29, 0.717) is 6.54 Å². The van der Waals surface area contributed by atoms with Crippen LogP contribution in [0.25, 0.3) is 11.3 Å². The Morgan fingerprint density at radius 3 is 2.87 bits per heavy atom. The number of rotatable bonds is 2. The van der Waals surface area contributed by atoms with Crippen molar-refractivity contribution in [3.8, 4) is 17.0 Å². The van der Waals surface area contributed by atoms with Crippen LogP contribution < -0.4 is 5.73 Å². The summed E-state index contributed by atoms with van der Waals surface area (Å²) < 4.78 is 4.26. The Hall–Kier alpha value is -1.39. The first kappa shape index (κ1) is 10.1. The molecule has 0 saturated heterocycles. The van der Waals surface area contributed by atoms with Gasteiger partial charge in [-0.2, -0.15) is 4.37 Å². The maximum absolute atomic E-state index is 9.75. The fourth-order valence-electron chi connectivity index (χ4n) is 1.45. The van der Waals surface area contributed by atoms with Crippen LogP contribution in [0.2, 0.25) is 0 Å². The lowest BCUT2D eigenvalue weighted by Gasteiger charge is -2.05. The molecule has 1 aromatic heterocycles. The highest BCUT2D eigenvalue weighted by Crippen LogP contribution is 2.31. The van der Waals surface area contributed by atoms with Gasteiger partial charge < -0.3 is 10.8 Å². The summed E-state index contributed by atoms with van der Waals surface area (Å²) in [4.78, 5) is 0. The van der Waals surface area contributed by atoms with Crippen LogP contribution >= 0.6 is 11.5 Å². The van der Waals surface area contributed by atoms with E-state index in [1.807, 2.05) is 24.4 Å². The van der Waals surface area contributed by atoms with Crippen LogP contribution in [-0.4, -0.2) is 9.48 Å². The molecule has 0 amide bonds. The van der Waals surface area contributed by atoms with Crippen molar-refractivity contribution in [3.05, 3.63) is 34.7 Å². The van der Waals surface area contributed by atoms with E-state index >= 15 is 0 Å². The Morgan fingerprint density at radius 1 is 1.47 bits per heavy atom. The first-order valence-corrected chi connectivity index (χ1v) is 5.49. The Balaban J connectivity index is 2.56. The van der Waals surface area contributed by atoms with Crippen molar-refractivity contribution in [2.75, 3.05) is 0 Å². The first-order chi connectivity index (χ1) is 7.22. The van der Waals surface area contributed by atoms with Gasteiger partial charge in [0.25, 0.3) is 0 Å². The van der Waals surface area contributed by atoms with E-state index < -0.39 is 0 Å². The largest absolute Gasteiger partial charge is 0.507 e. The first-order valence-electron chi connectivity index (χ1n) is 4.65. The molecule has 2 aromatic rings. The molecule has 0 atom stereocenters. The third-order valence-electron chi connectivity index (χ3n) is 2.30. The molecule has 0 spiro atoms. The van der Waals surface area contributed by atoms with Crippen LogP contribution in [0.15, 0.2) is 23.6 Å². The van der Waals surface area contributed by atoms with Crippen molar-refractivity contribution in [1.29, 1.82) is 0 Å². The summed E-state index contributed by atoms with van der Waals surface area (Å²) in [7, 11) is 0. The zero-order valence-electron chi connectivity index (χ0n) is 8.40. The molecule has 78 valence electrons. The molecular formula is C11H12N2OS. The lowest BCUT2D eigenvalue weighted by molar-refractivity contribution is 0.477. The van der Waals surface area contributed by atoms with Gasteiger partial charge in [0.2, 0.25) is 0 Å². The average molecular weight is 220 g/mol. The zero-order valence-corrected chi connectivity index (χ0v) is 9.21. The second-order valence-corrected chi connectivity index (χ2v) is 4.03. The maximum atomic E-state index is 9.75. The zero-order chi connectivity index (χ0) is 10.8. The number of nitrogens with zero attached hydrogens (tertiary/aromatic N) is 1. The highest BCUT2D eigenvalue weighted by molar-refractivity contribution is 7.04. The van der Waals surface area contributed by atoms with Crippen LogP contribution in [-0.2, 0) is 6.54 Å². The Kier molecular flexibility index (Phi) is 2.70. The summed E-state index contributed by atoms with van der Waals surface area (Å²) >= 11 is 1.39. The SMILES string of the molecule is Cc1csnc1-c1cc(CN)ccc1O. The number of nitrogens with two attached hydrogens (primary N) is 1. The summed E-state index contributed by atoms with van der Waals surface area (Å²) in [5.41, 5.74) is 9.23. The quantitative estimate of drug-likeness (QED) is 0.816. The molecule has 0 bridgehead atoms. The number of aryl methyl sites for hydroxylation is 1. The fraction of sp³-hybridized carbons (Fsp3) is 0.182. The van der Waals surface area contributed by atoms with E-state index in [4.69, 9.17) is 5.73 Å². The number of benzene rings is 1. The third kappa shape index (κ3) is 1.86. The van der Waals surface area contributed by atoms with Crippen LogP contribution in [0.5, 0.6) is 5.75 Å². The number of aromatic nitrogens is 1. The standard InChI is InChI=1S/C11H12N2OS/c1-7-6-15-13-11(7)9-4-8(5-12)2-3-10(9)14/h2-4,6,14H,5,12H2,1H3. The fourth-order valence-corrected chi connectivity index (χ4v) is 2.12. The van der Waals surface area contributed by atoms with E-state index in [1.54, 1.807) is 6.07 Å². The van der Waals surface area contributed by atoms with Crippen molar-refractivity contribution < 1.29 is 5.11 Å². The van der Waals surface area contributed by atoms with Gasteiger partial charge in [-0.05, 0) is 41.7 Å². The lowest BCUT2D eigenvalue weighted by atomic mass is 10.0. The molecule has 15 heavy (non-hydrogen) atoms. The van der Waals surface area contributed by atoms with E-state index in [2.05, 4.69) is 4.37 Å². The molecule has 0 unspecified atom stereocenters. The van der Waals surface area contributed by atoms with E-state index in [1.165, 1.54) is 11.5 Å². The molecule has 3 nitrogen and oxygen atoms in total. The van der Waals surface area contributed by atoms with Gasteiger partial charge in [0.1, 0.15) is 5.75 Å². The second-order valence-electron chi connectivity index (χ2n) is 3.40. The number of hydrogen-bond donors (Lipinski definition) is 2. The maximum Gasteiger partial charge on any atom is 0.125 e. The molecule has 1 aromatic carbocycles. The number of phenolic OH excluding ortho intramolecular Hbond substituents is 1. The summed E-state index contributed by atoms with van der Waals surface area (Å²) in [6, 6.07) is 5.37. The van der Waals surface area contributed by atoms with Gasteiger partial charge in [-0.15, -0.1) is 0 Å². The van der Waals surface area contributed by atoms with Crippen LogP contribution in [0, 0.1) is 6.92 Å². The number of aromatic hydroxyl groups is 1. The summed E-state index contributed by atoms with van der Waals surface area (Å²) in [6.07, 6.45) is 0. The third-order valence-corrected chi connectivity index (χ3v) is 3.05. The molecule has 1 heterocycles. The number of phenols is 1. The van der Waals surface area contributed by atoms with E-state index in [9.17, 15) is 5.11 Å². The highest BCUT2D eigenvalue weighted by Gasteiger charge is 2.10. The van der Waals surface area contributed by atoms with E-state index in [0.717, 1.165) is 22.4 Å². The molecular weight excluding hydrogens is 208 g/mol. The van der Waals surface area contributed by atoms with Crippen LogP contribution in [0.3, 0.4) is 0 Å². The van der Waals surface area contributed by atoms with Gasteiger partial charge in [0, 0.05) is 17.5 Å². The van der Waals surface area contributed by atoms with Gasteiger partial charge in [0.15, 0.2) is 0 Å². The normalized spacial score (nSPS) is 10.5. The van der Waals surface area contributed by atoms with Crippen molar-refractivity contribution in [3.63, 3.8) is 0 Å². The van der Waals surface area contributed by atoms with Crippen molar-refractivity contribution >= 4 is 11.5 Å². The van der Waals surface area contributed by atoms with Crippen molar-refractivity contribution in [2.45, 2.75) is 13.5 Å². The number of hydrogen-bond acceptors (Lipinski definition) is 4. The predicted octanol–water partition coefficient (Wildman–Crippen LogP) is 2.28. The van der Waals surface area contributed by atoms with Gasteiger partial charge in [-0.25, -0.2) is 0 Å². The molecule has 0 radical (unpaired) electrons. The van der Waals surface area contributed by atoms with Crippen LogP contribution in [0.4, 0.5) is 0 Å². The van der Waals surface area contributed by atoms with Gasteiger partial charge in [-0.1, -0.05) is 6.07 Å². The minimum Gasteiger partial charge on any atom is -0.507 e. The molecule has 0 fully saturated rings. The monoisotopic (exact) mass is 220 g/mol. The minimum absolute atomic E-state index is 0.251. The summed E-state index contributed by atoms with van der Waals surface area (Å²) in [6.45, 7) is 2.45. The summed E-state index contributed by atoms with van der Waals surface area (Å²) in [5, 5.41) is 11.7. The molecule has 3 N–H and O–H groups in total. The van der Waals surface area contributed by atoms with Crippen molar-refractivity contribution in [2.24, 2.45) is 5.73 Å². The topological polar surface area (TPSA) is 59.1 Å². The van der Waals surface area contributed by atoms with Gasteiger partial charge in [0.05, 0.1) is 5.69 Å². The molecule has 2 rings (SSSR count). The lowest BCUT2D eigenvalue weighted by Crippen LogP contribution is -1.96. The second kappa shape index (κ2) is 4.00. The van der Waals surface area contributed by atoms with Crippen molar-refractivity contribution in [1.82, 2.24) is 4.37 Å². The van der Waals surface area contributed by atoms with E-state index in [-0.39, 0.29) is 5.75 Å². The molecule has 0 saturated carbocycles. The highest BCUT2D eigenvalue weighted by atomic mass is 32.1. The van der Waals surface area contributed by atoms with Gasteiger partial charge >= 0.3 is 0 Å². The minimum atomic E-state index is 0.251. The Labute approximate surface area is 92.4 Å². The predicted molar refractivity (Wildman–Crippen MR) is 61.8 cm³/mol. The molecule has 4 heteroatoms. The van der Waals surface area contributed by atoms with Gasteiger partial charge in [-0.3, -0.25) is 0 Å². The average Bonchev–Trinajstić information content (AvgIpc) is 2.65. The van der Waals surface area contributed by atoms with Crippen LogP contribution in [0.1, 0.15) is 11.1 Å². The Morgan fingerprint density at radius 2 is 2.27 bits per heavy atom. The smallest absolute Gasteiger partial charge is 0.125 e. The Bertz CT molecular complexity index is 479. The molecule has 0 aliphatic heterocycles.